The van der Waals surface area contributed by atoms with Crippen molar-refractivity contribution in [3.8, 4) is 0 Å². The van der Waals surface area contributed by atoms with E-state index in [1.165, 1.54) is 6.07 Å². The Labute approximate surface area is 103 Å². The van der Waals surface area contributed by atoms with Crippen LogP contribution < -0.4 is 10.7 Å². The van der Waals surface area contributed by atoms with Crippen LogP contribution in [0.5, 0.6) is 0 Å². The van der Waals surface area contributed by atoms with Gasteiger partial charge in [-0.05, 0) is 19.1 Å². The number of carbonyl (C=O) groups excluding carboxylic acids is 1. The number of nitrogens with one attached hydrogen (secondary N) is 2. The van der Waals surface area contributed by atoms with E-state index in [9.17, 15) is 9.59 Å². The first kappa shape index (κ1) is 12.3. The van der Waals surface area contributed by atoms with E-state index in [0.717, 1.165) is 0 Å². The Morgan fingerprint density at radius 3 is 2.89 bits per heavy atom. The number of hydrogen-bond acceptors (Lipinski definition) is 3. The van der Waals surface area contributed by atoms with Gasteiger partial charge in [0.1, 0.15) is 5.69 Å². The normalized spacial score (nSPS) is 12.3. The molecule has 0 unspecified atom stereocenters. The molecule has 1 heterocycles. The quantitative estimate of drug-likeness (QED) is 0.743. The summed E-state index contributed by atoms with van der Waals surface area (Å²) in [6.45, 7) is 1.53. The Hall–Kier alpha value is -2.14. The maximum atomic E-state index is 11.8. The van der Waals surface area contributed by atoms with Crippen LogP contribution in [0, 0.1) is 0 Å². The van der Waals surface area contributed by atoms with Gasteiger partial charge in [0.2, 0.25) is 0 Å². The fourth-order valence-corrected chi connectivity index (χ4v) is 1.67. The third-order valence-corrected chi connectivity index (χ3v) is 2.63. The van der Waals surface area contributed by atoms with Crippen molar-refractivity contribution in [2.75, 3.05) is 6.61 Å². The first-order valence-corrected chi connectivity index (χ1v) is 5.65. The van der Waals surface area contributed by atoms with Crippen molar-refractivity contribution >= 4 is 16.8 Å². The molecule has 0 bridgehead atoms. The van der Waals surface area contributed by atoms with Gasteiger partial charge < -0.3 is 15.4 Å². The molecule has 0 saturated heterocycles. The molecule has 1 aromatic carbocycles. The molecule has 3 N–H and O–H groups in total. The predicted octanol–water partition coefficient (Wildman–Crippen LogP) is 0.639. The maximum absolute atomic E-state index is 11.8. The first-order chi connectivity index (χ1) is 8.61. The molecule has 5 nitrogen and oxygen atoms in total. The number of aromatic amines is 1. The van der Waals surface area contributed by atoms with Crippen molar-refractivity contribution < 1.29 is 9.90 Å². The number of rotatable bonds is 3. The Morgan fingerprint density at radius 1 is 1.44 bits per heavy atom. The van der Waals surface area contributed by atoms with E-state index in [0.29, 0.717) is 10.9 Å². The average Bonchev–Trinajstić information content (AvgIpc) is 2.38. The van der Waals surface area contributed by atoms with Crippen molar-refractivity contribution in [2.24, 2.45) is 0 Å². The minimum Gasteiger partial charge on any atom is -0.394 e. The van der Waals surface area contributed by atoms with Crippen LogP contribution in [0.15, 0.2) is 35.1 Å². The third-order valence-electron chi connectivity index (χ3n) is 2.63. The Morgan fingerprint density at radius 2 is 2.17 bits per heavy atom. The number of fused-ring (bicyclic) bond motifs is 1. The van der Waals surface area contributed by atoms with E-state index in [4.69, 9.17) is 5.11 Å². The Bertz CT molecular complexity index is 633. The highest BCUT2D eigenvalue weighted by Crippen LogP contribution is 2.07. The summed E-state index contributed by atoms with van der Waals surface area (Å²) in [5.74, 6) is -0.403. The second kappa shape index (κ2) is 5.01. The highest BCUT2D eigenvalue weighted by molar-refractivity contribution is 5.94. The van der Waals surface area contributed by atoms with Gasteiger partial charge in [-0.2, -0.15) is 0 Å². The van der Waals surface area contributed by atoms with E-state index in [-0.39, 0.29) is 23.8 Å². The predicted molar refractivity (Wildman–Crippen MR) is 68.6 cm³/mol. The van der Waals surface area contributed by atoms with Gasteiger partial charge in [0.25, 0.3) is 5.91 Å². The molecule has 0 aliphatic rings. The fourth-order valence-electron chi connectivity index (χ4n) is 1.67. The molecule has 0 aliphatic carbocycles. The molecule has 18 heavy (non-hydrogen) atoms. The van der Waals surface area contributed by atoms with Crippen LogP contribution in [0.2, 0.25) is 0 Å². The van der Waals surface area contributed by atoms with E-state index in [2.05, 4.69) is 10.3 Å². The molecule has 1 atom stereocenters. The molecular formula is C13H14N2O3. The number of pyridine rings is 1. The topological polar surface area (TPSA) is 82.2 Å². The third kappa shape index (κ3) is 2.41. The van der Waals surface area contributed by atoms with Crippen molar-refractivity contribution in [3.05, 3.63) is 46.2 Å². The lowest BCUT2D eigenvalue weighted by Gasteiger charge is -2.10. The molecule has 5 heteroatoms. The second-order valence-electron chi connectivity index (χ2n) is 4.15. The standard InChI is InChI=1S/C13H14N2O3/c1-8(7-16)14-13(18)11-6-12(17)9-4-2-3-5-10(9)15-11/h2-6,8,16H,7H2,1H3,(H,14,18)(H,15,17)/t8-/m1/s1. The van der Waals surface area contributed by atoms with Gasteiger partial charge >= 0.3 is 0 Å². The zero-order valence-corrected chi connectivity index (χ0v) is 9.93. The van der Waals surface area contributed by atoms with Crippen LogP contribution in [0.1, 0.15) is 17.4 Å². The minimum atomic E-state index is -0.403. The van der Waals surface area contributed by atoms with Crippen LogP contribution in [0.25, 0.3) is 10.9 Å². The summed E-state index contributed by atoms with van der Waals surface area (Å²) in [6, 6.07) is 7.91. The van der Waals surface area contributed by atoms with Crippen LogP contribution in [0.3, 0.4) is 0 Å². The van der Waals surface area contributed by atoms with Gasteiger partial charge in [-0.25, -0.2) is 0 Å². The summed E-state index contributed by atoms with van der Waals surface area (Å²) in [6.07, 6.45) is 0. The molecule has 94 valence electrons. The second-order valence-corrected chi connectivity index (χ2v) is 4.15. The number of amides is 1. The summed E-state index contributed by atoms with van der Waals surface area (Å²) >= 11 is 0. The highest BCUT2D eigenvalue weighted by Gasteiger charge is 2.11. The number of aliphatic hydroxyl groups is 1. The summed E-state index contributed by atoms with van der Waals surface area (Å²) in [7, 11) is 0. The molecule has 0 aliphatic heterocycles. The monoisotopic (exact) mass is 246 g/mol. The van der Waals surface area contributed by atoms with Crippen LogP contribution in [0.4, 0.5) is 0 Å². The number of aromatic nitrogens is 1. The Balaban J connectivity index is 2.41. The minimum absolute atomic E-state index is 0.149. The number of aliphatic hydroxyl groups excluding tert-OH is 1. The average molecular weight is 246 g/mol. The number of benzene rings is 1. The van der Waals surface area contributed by atoms with Crippen molar-refractivity contribution in [1.29, 1.82) is 0 Å². The summed E-state index contributed by atoms with van der Waals surface area (Å²) in [5, 5.41) is 12.0. The van der Waals surface area contributed by atoms with Crippen molar-refractivity contribution in [3.63, 3.8) is 0 Å². The molecule has 2 aromatic rings. The number of para-hydroxylation sites is 1. The molecule has 0 fully saturated rings. The highest BCUT2D eigenvalue weighted by atomic mass is 16.3. The lowest BCUT2D eigenvalue weighted by atomic mass is 10.2. The number of hydrogen-bond donors (Lipinski definition) is 3. The lowest BCUT2D eigenvalue weighted by molar-refractivity contribution is 0.0917. The van der Waals surface area contributed by atoms with E-state index < -0.39 is 5.91 Å². The number of H-pyrrole nitrogens is 1. The van der Waals surface area contributed by atoms with Gasteiger partial charge in [-0.15, -0.1) is 0 Å². The van der Waals surface area contributed by atoms with Crippen LogP contribution in [-0.4, -0.2) is 28.6 Å². The zero-order chi connectivity index (χ0) is 13.1. The molecule has 0 spiro atoms. The van der Waals surface area contributed by atoms with Gasteiger partial charge in [0.05, 0.1) is 6.61 Å². The molecule has 0 saturated carbocycles. The van der Waals surface area contributed by atoms with Gasteiger partial charge in [-0.1, -0.05) is 12.1 Å². The van der Waals surface area contributed by atoms with Gasteiger partial charge in [0, 0.05) is 23.0 Å². The molecule has 2 rings (SSSR count). The fraction of sp³-hybridized carbons (Fsp3) is 0.231. The molecular weight excluding hydrogens is 232 g/mol. The van der Waals surface area contributed by atoms with Crippen molar-refractivity contribution in [1.82, 2.24) is 10.3 Å². The van der Waals surface area contributed by atoms with Gasteiger partial charge in [0.15, 0.2) is 5.43 Å². The smallest absolute Gasteiger partial charge is 0.268 e. The summed E-state index contributed by atoms with van der Waals surface area (Å²) in [4.78, 5) is 26.5. The maximum Gasteiger partial charge on any atom is 0.268 e. The molecule has 0 radical (unpaired) electrons. The van der Waals surface area contributed by atoms with E-state index in [1.54, 1.807) is 31.2 Å². The zero-order valence-electron chi connectivity index (χ0n) is 9.93. The molecule has 1 amide bonds. The SMILES string of the molecule is C[C@H](CO)NC(=O)c1cc(=O)c2ccccc2[nH]1. The van der Waals surface area contributed by atoms with E-state index >= 15 is 0 Å². The van der Waals surface area contributed by atoms with Crippen LogP contribution >= 0.6 is 0 Å². The summed E-state index contributed by atoms with van der Waals surface area (Å²) in [5.41, 5.74) is 0.608. The van der Waals surface area contributed by atoms with E-state index in [1.807, 2.05) is 0 Å². The lowest BCUT2D eigenvalue weighted by Crippen LogP contribution is -2.35. The van der Waals surface area contributed by atoms with Gasteiger partial charge in [-0.3, -0.25) is 9.59 Å². The Kier molecular flexibility index (Phi) is 3.43. The largest absolute Gasteiger partial charge is 0.394 e. The molecule has 1 aromatic heterocycles. The number of carbonyl (C=O) groups is 1. The van der Waals surface area contributed by atoms with Crippen LogP contribution in [-0.2, 0) is 0 Å². The van der Waals surface area contributed by atoms with Crippen molar-refractivity contribution in [2.45, 2.75) is 13.0 Å². The summed E-state index contributed by atoms with van der Waals surface area (Å²) < 4.78 is 0. The first-order valence-electron chi connectivity index (χ1n) is 5.65.